The van der Waals surface area contributed by atoms with Crippen LogP contribution in [0.2, 0.25) is 0 Å². The average Bonchev–Trinajstić information content (AvgIpc) is 3.08. The van der Waals surface area contributed by atoms with E-state index >= 15 is 0 Å². The molecule has 1 aromatic rings. The lowest BCUT2D eigenvalue weighted by molar-refractivity contribution is 0.131. The van der Waals surface area contributed by atoms with Gasteiger partial charge in [0.1, 0.15) is 0 Å². The van der Waals surface area contributed by atoms with Crippen molar-refractivity contribution in [1.29, 1.82) is 0 Å². The molecule has 0 radical (unpaired) electrons. The third-order valence-electron chi connectivity index (χ3n) is 4.00. The van der Waals surface area contributed by atoms with E-state index in [9.17, 15) is 0 Å². The molecule has 1 heterocycles. The maximum atomic E-state index is 6.06. The molecule has 18 heavy (non-hydrogen) atoms. The molecule has 2 rings (SSSR count). The van der Waals surface area contributed by atoms with Gasteiger partial charge in [0.2, 0.25) is 0 Å². The third-order valence-corrected chi connectivity index (χ3v) is 4.86. The minimum atomic E-state index is 0.555. The zero-order valence-corrected chi connectivity index (χ0v) is 12.5. The fourth-order valence-electron chi connectivity index (χ4n) is 2.85. The second-order valence-corrected chi connectivity index (χ2v) is 6.58. The second-order valence-electron chi connectivity index (χ2n) is 5.55. The molecule has 2 unspecified atom stereocenters. The molecule has 1 aliphatic carbocycles. The van der Waals surface area contributed by atoms with E-state index in [0.29, 0.717) is 12.0 Å². The van der Waals surface area contributed by atoms with E-state index in [-0.39, 0.29) is 0 Å². The van der Waals surface area contributed by atoms with Crippen molar-refractivity contribution in [3.63, 3.8) is 0 Å². The summed E-state index contributed by atoms with van der Waals surface area (Å²) in [5.41, 5.74) is 6.06. The minimum absolute atomic E-state index is 0.555. The van der Waals surface area contributed by atoms with Crippen LogP contribution in [0, 0.1) is 5.92 Å². The van der Waals surface area contributed by atoms with E-state index in [4.69, 9.17) is 5.73 Å². The van der Waals surface area contributed by atoms with E-state index in [1.807, 2.05) is 11.3 Å². The van der Waals surface area contributed by atoms with Crippen LogP contribution in [0.1, 0.15) is 44.4 Å². The Morgan fingerprint density at radius 2 is 2.28 bits per heavy atom. The molecule has 0 saturated heterocycles. The van der Waals surface area contributed by atoms with Crippen molar-refractivity contribution in [2.75, 3.05) is 6.54 Å². The normalized spacial score (nSPS) is 19.1. The van der Waals surface area contributed by atoms with Gasteiger partial charge >= 0.3 is 0 Å². The van der Waals surface area contributed by atoms with Crippen LogP contribution in [-0.4, -0.2) is 23.5 Å². The molecule has 0 aromatic carbocycles. The van der Waals surface area contributed by atoms with Gasteiger partial charge in [0, 0.05) is 30.1 Å². The molecule has 2 nitrogen and oxygen atoms in total. The third kappa shape index (κ3) is 3.56. The van der Waals surface area contributed by atoms with Crippen LogP contribution in [0.4, 0.5) is 0 Å². The van der Waals surface area contributed by atoms with Gasteiger partial charge in [-0.3, -0.25) is 4.90 Å². The van der Waals surface area contributed by atoms with Gasteiger partial charge in [0.15, 0.2) is 0 Å². The molecule has 0 aliphatic heterocycles. The van der Waals surface area contributed by atoms with Crippen molar-refractivity contribution in [3.8, 4) is 0 Å². The number of nitrogens with zero attached hydrogens (tertiary/aromatic N) is 1. The standard InChI is InChI=1S/C15H26N2S/c1-3-5-12(2)15(10-16)17(13-7-8-13)11-14-6-4-9-18-14/h4,6,9,12-13,15H,3,5,7-8,10-11,16H2,1-2H3. The van der Waals surface area contributed by atoms with Crippen molar-refractivity contribution in [2.45, 2.75) is 58.2 Å². The Hall–Kier alpha value is -0.380. The van der Waals surface area contributed by atoms with Crippen molar-refractivity contribution < 1.29 is 0 Å². The lowest BCUT2D eigenvalue weighted by Crippen LogP contribution is -2.45. The maximum Gasteiger partial charge on any atom is 0.0334 e. The van der Waals surface area contributed by atoms with Gasteiger partial charge in [-0.15, -0.1) is 11.3 Å². The highest BCUT2D eigenvalue weighted by atomic mass is 32.1. The summed E-state index contributed by atoms with van der Waals surface area (Å²) in [7, 11) is 0. The topological polar surface area (TPSA) is 29.3 Å². The van der Waals surface area contributed by atoms with E-state index < -0.39 is 0 Å². The summed E-state index contributed by atoms with van der Waals surface area (Å²) in [6.07, 6.45) is 5.27. The van der Waals surface area contributed by atoms with E-state index in [0.717, 1.165) is 19.1 Å². The van der Waals surface area contributed by atoms with Crippen molar-refractivity contribution >= 4 is 11.3 Å². The Labute approximate surface area is 115 Å². The molecule has 2 atom stereocenters. The molecule has 3 heteroatoms. The summed E-state index contributed by atoms with van der Waals surface area (Å²) in [6.45, 7) is 6.52. The van der Waals surface area contributed by atoms with Crippen LogP contribution in [0.15, 0.2) is 17.5 Å². The first-order valence-electron chi connectivity index (χ1n) is 7.24. The van der Waals surface area contributed by atoms with Gasteiger partial charge in [-0.1, -0.05) is 26.3 Å². The molecular formula is C15H26N2S. The first-order chi connectivity index (χ1) is 8.76. The summed E-state index contributed by atoms with van der Waals surface area (Å²) >= 11 is 1.87. The zero-order chi connectivity index (χ0) is 13.0. The van der Waals surface area contributed by atoms with Crippen molar-refractivity contribution in [3.05, 3.63) is 22.4 Å². The Morgan fingerprint density at radius 3 is 2.78 bits per heavy atom. The predicted molar refractivity (Wildman–Crippen MR) is 79.8 cm³/mol. The maximum absolute atomic E-state index is 6.06. The largest absolute Gasteiger partial charge is 0.329 e. The quantitative estimate of drug-likeness (QED) is 0.780. The summed E-state index contributed by atoms with van der Waals surface area (Å²) in [5.74, 6) is 0.709. The van der Waals surface area contributed by atoms with E-state index in [1.54, 1.807) is 0 Å². The van der Waals surface area contributed by atoms with Crippen LogP contribution in [0.25, 0.3) is 0 Å². The van der Waals surface area contributed by atoms with Gasteiger partial charge in [0.25, 0.3) is 0 Å². The Balaban J connectivity index is 2.02. The second kappa shape index (κ2) is 6.69. The summed E-state index contributed by atoms with van der Waals surface area (Å²) < 4.78 is 0. The van der Waals surface area contributed by atoms with Crippen LogP contribution in [0.3, 0.4) is 0 Å². The van der Waals surface area contributed by atoms with Crippen LogP contribution < -0.4 is 5.73 Å². The number of thiophene rings is 1. The highest BCUT2D eigenvalue weighted by Gasteiger charge is 2.35. The van der Waals surface area contributed by atoms with E-state index in [2.05, 4.69) is 36.3 Å². The summed E-state index contributed by atoms with van der Waals surface area (Å²) in [4.78, 5) is 4.15. The Bertz CT molecular complexity index is 332. The lowest BCUT2D eigenvalue weighted by Gasteiger charge is -2.35. The number of hydrogen-bond acceptors (Lipinski definition) is 3. The van der Waals surface area contributed by atoms with Crippen molar-refractivity contribution in [1.82, 2.24) is 4.90 Å². The van der Waals surface area contributed by atoms with Gasteiger partial charge in [0.05, 0.1) is 0 Å². The van der Waals surface area contributed by atoms with Crippen LogP contribution in [0.5, 0.6) is 0 Å². The molecule has 1 fully saturated rings. The zero-order valence-electron chi connectivity index (χ0n) is 11.6. The van der Waals surface area contributed by atoms with Crippen LogP contribution >= 0.6 is 11.3 Å². The fraction of sp³-hybridized carbons (Fsp3) is 0.733. The average molecular weight is 266 g/mol. The number of rotatable bonds is 8. The first kappa shape index (κ1) is 14.0. The molecule has 0 spiro atoms. The fourth-order valence-corrected chi connectivity index (χ4v) is 3.56. The van der Waals surface area contributed by atoms with Crippen molar-refractivity contribution in [2.24, 2.45) is 11.7 Å². The Kier molecular flexibility index (Phi) is 5.22. The molecular weight excluding hydrogens is 240 g/mol. The number of nitrogens with two attached hydrogens (primary N) is 1. The van der Waals surface area contributed by atoms with Gasteiger partial charge in [-0.05, 0) is 36.6 Å². The lowest BCUT2D eigenvalue weighted by atomic mass is 9.95. The summed E-state index contributed by atoms with van der Waals surface area (Å²) in [5, 5.41) is 2.17. The molecule has 1 aromatic heterocycles. The monoisotopic (exact) mass is 266 g/mol. The predicted octanol–water partition coefficient (Wildman–Crippen LogP) is 3.48. The summed E-state index contributed by atoms with van der Waals surface area (Å²) in [6, 6.07) is 5.75. The molecule has 1 aliphatic rings. The van der Waals surface area contributed by atoms with Gasteiger partial charge in [-0.25, -0.2) is 0 Å². The smallest absolute Gasteiger partial charge is 0.0334 e. The van der Waals surface area contributed by atoms with E-state index in [1.165, 1.54) is 30.6 Å². The molecule has 0 bridgehead atoms. The molecule has 0 amide bonds. The SMILES string of the molecule is CCCC(C)C(CN)N(Cc1cccs1)C1CC1. The molecule has 2 N–H and O–H groups in total. The highest BCUT2D eigenvalue weighted by molar-refractivity contribution is 7.09. The first-order valence-corrected chi connectivity index (χ1v) is 8.12. The van der Waals surface area contributed by atoms with Gasteiger partial charge < -0.3 is 5.73 Å². The molecule has 102 valence electrons. The number of hydrogen-bond donors (Lipinski definition) is 1. The Morgan fingerprint density at radius 1 is 1.50 bits per heavy atom. The highest BCUT2D eigenvalue weighted by Crippen LogP contribution is 2.33. The van der Waals surface area contributed by atoms with Crippen LogP contribution in [-0.2, 0) is 6.54 Å². The molecule has 1 saturated carbocycles. The minimum Gasteiger partial charge on any atom is -0.329 e. The van der Waals surface area contributed by atoms with Gasteiger partial charge in [-0.2, -0.15) is 0 Å².